The number of amides is 2. The van der Waals surface area contributed by atoms with Crippen LogP contribution in [0.5, 0.6) is 0 Å². The molecule has 5 nitrogen and oxygen atoms in total. The maximum atomic E-state index is 11.3. The van der Waals surface area contributed by atoms with Crippen LogP contribution in [0.1, 0.15) is 27.2 Å². The van der Waals surface area contributed by atoms with Gasteiger partial charge in [-0.25, -0.2) is 0 Å². The molecule has 0 aliphatic carbocycles. The molecule has 88 valence electrons. The van der Waals surface area contributed by atoms with E-state index in [9.17, 15) is 9.59 Å². The number of aliphatic hydroxyl groups excluding tert-OH is 1. The minimum atomic E-state index is -0.678. The van der Waals surface area contributed by atoms with Crippen molar-refractivity contribution in [1.29, 1.82) is 0 Å². The number of carbonyl (C=O) groups is 2. The first-order valence-electron chi connectivity index (χ1n) is 5.05. The molecule has 0 aromatic rings. The summed E-state index contributed by atoms with van der Waals surface area (Å²) in [5, 5.41) is 11.1. The second-order valence-corrected chi connectivity index (χ2v) is 3.48. The Balaban J connectivity index is 4.01. The van der Waals surface area contributed by atoms with E-state index in [1.165, 1.54) is 6.92 Å². The molecule has 0 aliphatic heterocycles. The first-order valence-corrected chi connectivity index (χ1v) is 5.05. The van der Waals surface area contributed by atoms with Gasteiger partial charge in [-0.3, -0.25) is 14.9 Å². The number of imide groups is 1. The Labute approximate surface area is 89.8 Å². The van der Waals surface area contributed by atoms with Gasteiger partial charge in [0.1, 0.15) is 0 Å². The number of hydrogen-bond acceptors (Lipinski definition) is 4. The van der Waals surface area contributed by atoms with Crippen molar-refractivity contribution in [2.75, 3.05) is 13.2 Å². The smallest absolute Gasteiger partial charge is 0.234 e. The van der Waals surface area contributed by atoms with Crippen LogP contribution in [-0.4, -0.2) is 36.2 Å². The highest BCUT2D eigenvalue weighted by molar-refractivity contribution is 5.95. The molecular weight excluding hydrogens is 198 g/mol. The van der Waals surface area contributed by atoms with E-state index < -0.39 is 17.7 Å². The molecule has 0 radical (unpaired) electrons. The monoisotopic (exact) mass is 217 g/mol. The number of aliphatic hydroxyl groups is 1. The third-order valence-electron chi connectivity index (χ3n) is 2.05. The molecule has 5 heteroatoms. The molecule has 0 saturated heterocycles. The van der Waals surface area contributed by atoms with Crippen molar-refractivity contribution in [1.82, 2.24) is 5.32 Å². The molecule has 2 atom stereocenters. The third kappa shape index (κ3) is 6.19. The summed E-state index contributed by atoms with van der Waals surface area (Å²) in [5.41, 5.74) is 0. The number of carbonyl (C=O) groups excluding carboxylic acids is 2. The first kappa shape index (κ1) is 14.1. The van der Waals surface area contributed by atoms with Gasteiger partial charge in [0.25, 0.3) is 0 Å². The molecule has 0 spiro atoms. The molecule has 2 N–H and O–H groups in total. The van der Waals surface area contributed by atoms with Gasteiger partial charge in [0.15, 0.2) is 0 Å². The minimum absolute atomic E-state index is 0.0455. The summed E-state index contributed by atoms with van der Waals surface area (Å²) in [6, 6.07) is 0. The molecule has 0 heterocycles. The highest BCUT2D eigenvalue weighted by Crippen LogP contribution is 2.02. The predicted molar refractivity (Wildman–Crippen MR) is 55.1 cm³/mol. The molecule has 0 fully saturated rings. The molecule has 0 aliphatic rings. The molecule has 0 bridgehead atoms. The highest BCUT2D eigenvalue weighted by atomic mass is 16.5. The lowest BCUT2D eigenvalue weighted by Crippen LogP contribution is -2.38. The maximum absolute atomic E-state index is 11.3. The van der Waals surface area contributed by atoms with Gasteiger partial charge in [-0.15, -0.1) is 0 Å². The predicted octanol–water partition coefficient (Wildman–Crippen LogP) is 0.0727. The Morgan fingerprint density at radius 1 is 1.47 bits per heavy atom. The molecule has 2 unspecified atom stereocenters. The Bertz CT molecular complexity index is 217. The lowest BCUT2D eigenvalue weighted by Gasteiger charge is -2.16. The van der Waals surface area contributed by atoms with E-state index in [2.05, 4.69) is 5.32 Å². The van der Waals surface area contributed by atoms with Crippen molar-refractivity contribution < 1.29 is 19.4 Å². The van der Waals surface area contributed by atoms with Crippen molar-refractivity contribution in [3.63, 3.8) is 0 Å². The van der Waals surface area contributed by atoms with E-state index in [-0.39, 0.29) is 19.3 Å². The summed E-state index contributed by atoms with van der Waals surface area (Å²) >= 11 is 0. The number of nitrogens with one attached hydrogen (secondary N) is 1. The Kier molecular flexibility index (Phi) is 6.90. The lowest BCUT2D eigenvalue weighted by molar-refractivity contribution is -0.134. The van der Waals surface area contributed by atoms with Gasteiger partial charge in [0.05, 0.1) is 25.2 Å². The van der Waals surface area contributed by atoms with E-state index in [1.807, 2.05) is 13.8 Å². The number of hydrogen-bond donors (Lipinski definition) is 2. The van der Waals surface area contributed by atoms with Crippen LogP contribution in [0.25, 0.3) is 0 Å². The zero-order valence-corrected chi connectivity index (χ0v) is 9.45. The molecule has 0 aromatic carbocycles. The van der Waals surface area contributed by atoms with Crippen LogP contribution in [0.2, 0.25) is 0 Å². The number of ether oxygens (including phenoxy) is 1. The fourth-order valence-electron chi connectivity index (χ4n) is 0.885. The van der Waals surface area contributed by atoms with Crippen LogP contribution in [0.3, 0.4) is 0 Å². The van der Waals surface area contributed by atoms with Gasteiger partial charge in [0.2, 0.25) is 11.8 Å². The molecule has 15 heavy (non-hydrogen) atoms. The summed E-state index contributed by atoms with van der Waals surface area (Å²) in [6.45, 7) is 4.91. The van der Waals surface area contributed by atoms with Gasteiger partial charge < -0.3 is 9.84 Å². The van der Waals surface area contributed by atoms with Crippen molar-refractivity contribution in [2.24, 2.45) is 5.92 Å². The van der Waals surface area contributed by atoms with Gasteiger partial charge in [-0.1, -0.05) is 6.92 Å². The van der Waals surface area contributed by atoms with Gasteiger partial charge >= 0.3 is 0 Å². The van der Waals surface area contributed by atoms with Crippen molar-refractivity contribution in [3.8, 4) is 0 Å². The van der Waals surface area contributed by atoms with Crippen LogP contribution in [0.4, 0.5) is 0 Å². The second-order valence-electron chi connectivity index (χ2n) is 3.48. The van der Waals surface area contributed by atoms with Crippen LogP contribution in [0, 0.1) is 5.92 Å². The SMILES string of the molecule is CCC(C)OCC(CO)C(=O)NC(C)=O. The molecule has 0 rings (SSSR count). The number of rotatable bonds is 6. The van der Waals surface area contributed by atoms with Crippen LogP contribution >= 0.6 is 0 Å². The van der Waals surface area contributed by atoms with Crippen molar-refractivity contribution in [3.05, 3.63) is 0 Å². The summed E-state index contributed by atoms with van der Waals surface area (Å²) in [5.74, 6) is -1.60. The third-order valence-corrected chi connectivity index (χ3v) is 2.05. The van der Waals surface area contributed by atoms with Crippen LogP contribution < -0.4 is 5.32 Å². The minimum Gasteiger partial charge on any atom is -0.395 e. The quantitative estimate of drug-likeness (QED) is 0.660. The van der Waals surface area contributed by atoms with Crippen LogP contribution in [-0.2, 0) is 14.3 Å². The summed E-state index contributed by atoms with van der Waals surface area (Å²) in [4.78, 5) is 21.9. The highest BCUT2D eigenvalue weighted by Gasteiger charge is 2.19. The Morgan fingerprint density at radius 2 is 2.07 bits per heavy atom. The summed E-state index contributed by atoms with van der Waals surface area (Å²) in [6.07, 6.45) is 0.885. The van der Waals surface area contributed by atoms with Gasteiger partial charge in [-0.2, -0.15) is 0 Å². The van der Waals surface area contributed by atoms with E-state index in [0.29, 0.717) is 0 Å². The fourth-order valence-corrected chi connectivity index (χ4v) is 0.885. The second kappa shape index (κ2) is 7.36. The van der Waals surface area contributed by atoms with E-state index in [0.717, 1.165) is 6.42 Å². The zero-order chi connectivity index (χ0) is 11.8. The van der Waals surface area contributed by atoms with Crippen LogP contribution in [0.15, 0.2) is 0 Å². The zero-order valence-electron chi connectivity index (χ0n) is 9.45. The van der Waals surface area contributed by atoms with Gasteiger partial charge in [-0.05, 0) is 13.3 Å². The van der Waals surface area contributed by atoms with E-state index in [4.69, 9.17) is 9.84 Å². The van der Waals surface area contributed by atoms with Gasteiger partial charge in [0, 0.05) is 6.92 Å². The maximum Gasteiger partial charge on any atom is 0.234 e. The van der Waals surface area contributed by atoms with E-state index in [1.54, 1.807) is 0 Å². The molecule has 0 saturated carbocycles. The lowest BCUT2D eigenvalue weighted by atomic mass is 10.1. The fraction of sp³-hybridized carbons (Fsp3) is 0.800. The van der Waals surface area contributed by atoms with E-state index >= 15 is 0 Å². The average molecular weight is 217 g/mol. The first-order chi connectivity index (χ1) is 7.01. The average Bonchev–Trinajstić information content (AvgIpc) is 2.17. The van der Waals surface area contributed by atoms with Crippen molar-refractivity contribution in [2.45, 2.75) is 33.3 Å². The standard InChI is InChI=1S/C10H19NO4/c1-4-7(2)15-6-9(5-12)10(14)11-8(3)13/h7,9,12H,4-6H2,1-3H3,(H,11,13,14). The summed E-state index contributed by atoms with van der Waals surface area (Å²) < 4.78 is 5.31. The molecule has 0 aromatic heterocycles. The normalized spacial score (nSPS) is 14.4. The Hall–Kier alpha value is -0.940. The summed E-state index contributed by atoms with van der Waals surface area (Å²) in [7, 11) is 0. The largest absolute Gasteiger partial charge is 0.395 e. The molecular formula is C10H19NO4. The topological polar surface area (TPSA) is 75.6 Å². The Morgan fingerprint density at radius 3 is 2.47 bits per heavy atom. The molecule has 2 amide bonds. The van der Waals surface area contributed by atoms with Crippen molar-refractivity contribution >= 4 is 11.8 Å².